The summed E-state index contributed by atoms with van der Waals surface area (Å²) in [5.41, 5.74) is 7.14. The molecule has 0 atom stereocenters. The van der Waals surface area contributed by atoms with Crippen molar-refractivity contribution in [1.82, 2.24) is 0 Å². The maximum atomic E-state index is 6.19. The number of hydrogen-bond acceptors (Lipinski definition) is 2. The van der Waals surface area contributed by atoms with Crippen LogP contribution in [0.2, 0.25) is 5.02 Å². The van der Waals surface area contributed by atoms with Crippen LogP contribution < -0.4 is 10.5 Å². The molecule has 86 valence electrons. The lowest BCUT2D eigenvalue weighted by Crippen LogP contribution is -2.18. The quantitative estimate of drug-likeness (QED) is 0.874. The van der Waals surface area contributed by atoms with Gasteiger partial charge in [-0.3, -0.25) is 0 Å². The van der Waals surface area contributed by atoms with Gasteiger partial charge in [-0.25, -0.2) is 0 Å². The third-order valence-electron chi connectivity index (χ3n) is 3.47. The first-order valence-electron chi connectivity index (χ1n) is 5.89. The summed E-state index contributed by atoms with van der Waals surface area (Å²) in [6, 6.07) is 5.95. The van der Waals surface area contributed by atoms with Gasteiger partial charge in [-0.2, -0.15) is 0 Å². The number of rotatable bonds is 4. The van der Waals surface area contributed by atoms with E-state index < -0.39 is 0 Å². The summed E-state index contributed by atoms with van der Waals surface area (Å²) in [7, 11) is 0. The van der Waals surface area contributed by atoms with Crippen molar-refractivity contribution in [2.24, 2.45) is 11.7 Å². The zero-order chi connectivity index (χ0) is 11.2. The van der Waals surface area contributed by atoms with E-state index in [1.54, 1.807) is 0 Å². The summed E-state index contributed by atoms with van der Waals surface area (Å²) < 4.78 is 5.68. The van der Waals surface area contributed by atoms with Gasteiger partial charge >= 0.3 is 0 Å². The van der Waals surface area contributed by atoms with Crippen molar-refractivity contribution in [3.05, 3.63) is 28.8 Å². The van der Waals surface area contributed by atoms with E-state index in [0.29, 0.717) is 5.02 Å². The number of ether oxygens (including phenoxy) is 1. The van der Waals surface area contributed by atoms with Crippen molar-refractivity contribution < 1.29 is 4.74 Å². The Hall–Kier alpha value is -0.730. The summed E-state index contributed by atoms with van der Waals surface area (Å²) in [4.78, 5) is 0. The van der Waals surface area contributed by atoms with Crippen molar-refractivity contribution in [2.75, 3.05) is 6.61 Å². The van der Waals surface area contributed by atoms with Crippen LogP contribution in [0.4, 0.5) is 0 Å². The molecule has 1 aromatic rings. The zero-order valence-electron chi connectivity index (χ0n) is 9.21. The molecule has 2 nitrogen and oxygen atoms in total. The SMILES string of the molecule is NC1(c2ccc(OCC3CC3)c(Cl)c2)CC1. The molecule has 0 saturated heterocycles. The molecule has 0 unspecified atom stereocenters. The van der Waals surface area contributed by atoms with E-state index in [9.17, 15) is 0 Å². The first kappa shape index (κ1) is 10.4. The minimum atomic E-state index is -0.112. The Bertz CT molecular complexity index is 410. The van der Waals surface area contributed by atoms with Crippen LogP contribution in [0.1, 0.15) is 31.2 Å². The van der Waals surface area contributed by atoms with Crippen molar-refractivity contribution in [2.45, 2.75) is 31.2 Å². The Morgan fingerprint density at radius 3 is 2.69 bits per heavy atom. The van der Waals surface area contributed by atoms with Crippen LogP contribution in [-0.4, -0.2) is 6.61 Å². The summed E-state index contributed by atoms with van der Waals surface area (Å²) in [5, 5.41) is 0.690. The van der Waals surface area contributed by atoms with E-state index in [-0.39, 0.29) is 5.54 Å². The lowest BCUT2D eigenvalue weighted by Gasteiger charge is -2.12. The Morgan fingerprint density at radius 1 is 1.38 bits per heavy atom. The second kappa shape index (κ2) is 3.64. The van der Waals surface area contributed by atoms with Gasteiger partial charge in [-0.05, 0) is 49.3 Å². The molecule has 3 rings (SSSR count). The number of halogens is 1. The summed E-state index contributed by atoms with van der Waals surface area (Å²) >= 11 is 6.19. The topological polar surface area (TPSA) is 35.2 Å². The van der Waals surface area contributed by atoms with Gasteiger partial charge in [0.25, 0.3) is 0 Å². The van der Waals surface area contributed by atoms with E-state index in [1.165, 1.54) is 12.8 Å². The normalized spacial score (nSPS) is 21.9. The van der Waals surface area contributed by atoms with Gasteiger partial charge in [0.05, 0.1) is 11.6 Å². The molecule has 0 aliphatic heterocycles. The fourth-order valence-electron chi connectivity index (χ4n) is 1.84. The van der Waals surface area contributed by atoms with Crippen molar-refractivity contribution in [3.63, 3.8) is 0 Å². The maximum Gasteiger partial charge on any atom is 0.137 e. The van der Waals surface area contributed by atoms with Gasteiger partial charge in [0.15, 0.2) is 0 Å². The zero-order valence-corrected chi connectivity index (χ0v) is 9.96. The van der Waals surface area contributed by atoms with Gasteiger partial charge in [-0.15, -0.1) is 0 Å². The smallest absolute Gasteiger partial charge is 0.137 e. The minimum Gasteiger partial charge on any atom is -0.492 e. The molecule has 0 amide bonds. The highest BCUT2D eigenvalue weighted by atomic mass is 35.5. The molecular formula is C13H16ClNO. The van der Waals surface area contributed by atoms with Crippen molar-refractivity contribution >= 4 is 11.6 Å². The predicted octanol–water partition coefficient (Wildman–Crippen LogP) is 3.08. The molecule has 2 aliphatic carbocycles. The van der Waals surface area contributed by atoms with E-state index in [0.717, 1.165) is 36.7 Å². The molecule has 2 saturated carbocycles. The standard InChI is InChI=1S/C13H16ClNO/c14-11-7-10(13(15)5-6-13)3-4-12(11)16-8-9-1-2-9/h3-4,7,9H,1-2,5-6,8,15H2. The Morgan fingerprint density at radius 2 is 2.12 bits per heavy atom. The van der Waals surface area contributed by atoms with E-state index in [4.69, 9.17) is 22.1 Å². The second-order valence-corrected chi connectivity index (χ2v) is 5.46. The fraction of sp³-hybridized carbons (Fsp3) is 0.538. The van der Waals surface area contributed by atoms with Crippen LogP contribution in [0.5, 0.6) is 5.75 Å². The molecule has 3 heteroatoms. The molecule has 16 heavy (non-hydrogen) atoms. The monoisotopic (exact) mass is 237 g/mol. The molecule has 2 fully saturated rings. The highest BCUT2D eigenvalue weighted by Gasteiger charge is 2.40. The van der Waals surface area contributed by atoms with Crippen LogP contribution in [0, 0.1) is 5.92 Å². The average molecular weight is 238 g/mol. The second-order valence-electron chi connectivity index (χ2n) is 5.06. The van der Waals surface area contributed by atoms with Gasteiger partial charge in [-0.1, -0.05) is 17.7 Å². The molecular weight excluding hydrogens is 222 g/mol. The predicted molar refractivity (Wildman–Crippen MR) is 64.8 cm³/mol. The van der Waals surface area contributed by atoms with Crippen LogP contribution in [0.3, 0.4) is 0 Å². The van der Waals surface area contributed by atoms with Crippen molar-refractivity contribution in [3.8, 4) is 5.75 Å². The lowest BCUT2D eigenvalue weighted by molar-refractivity contribution is 0.300. The first-order valence-corrected chi connectivity index (χ1v) is 6.27. The van der Waals surface area contributed by atoms with E-state index >= 15 is 0 Å². The molecule has 0 aromatic heterocycles. The molecule has 0 spiro atoms. The number of hydrogen-bond donors (Lipinski definition) is 1. The molecule has 0 radical (unpaired) electrons. The molecule has 2 N–H and O–H groups in total. The highest BCUT2D eigenvalue weighted by Crippen LogP contribution is 2.44. The van der Waals surface area contributed by atoms with Gasteiger partial charge in [0.1, 0.15) is 5.75 Å². The number of nitrogens with two attached hydrogens (primary N) is 1. The van der Waals surface area contributed by atoms with Gasteiger partial charge < -0.3 is 10.5 Å². The average Bonchev–Trinajstić information content (AvgIpc) is 3.13. The summed E-state index contributed by atoms with van der Waals surface area (Å²) in [6.07, 6.45) is 4.71. The maximum absolute atomic E-state index is 6.19. The highest BCUT2D eigenvalue weighted by molar-refractivity contribution is 6.32. The molecule has 0 heterocycles. The van der Waals surface area contributed by atoms with Gasteiger partial charge in [0, 0.05) is 5.54 Å². The molecule has 1 aromatic carbocycles. The summed E-state index contributed by atoms with van der Waals surface area (Å²) in [5.74, 6) is 1.54. The van der Waals surface area contributed by atoms with Crippen LogP contribution in [0.25, 0.3) is 0 Å². The first-order chi connectivity index (χ1) is 7.67. The fourth-order valence-corrected chi connectivity index (χ4v) is 2.08. The third kappa shape index (κ3) is 2.04. The van der Waals surface area contributed by atoms with Crippen LogP contribution in [0.15, 0.2) is 18.2 Å². The van der Waals surface area contributed by atoms with E-state index in [2.05, 4.69) is 0 Å². The molecule has 2 aliphatic rings. The number of benzene rings is 1. The van der Waals surface area contributed by atoms with Gasteiger partial charge in [0.2, 0.25) is 0 Å². The largest absolute Gasteiger partial charge is 0.492 e. The van der Waals surface area contributed by atoms with Crippen LogP contribution in [-0.2, 0) is 5.54 Å². The lowest BCUT2D eigenvalue weighted by atomic mass is 10.1. The van der Waals surface area contributed by atoms with Crippen LogP contribution >= 0.6 is 11.6 Å². The minimum absolute atomic E-state index is 0.112. The Labute approximate surface area is 101 Å². The van der Waals surface area contributed by atoms with E-state index in [1.807, 2.05) is 18.2 Å². The Kier molecular flexibility index (Phi) is 2.37. The third-order valence-corrected chi connectivity index (χ3v) is 3.76. The van der Waals surface area contributed by atoms with Crippen molar-refractivity contribution in [1.29, 1.82) is 0 Å². The summed E-state index contributed by atoms with van der Waals surface area (Å²) in [6.45, 7) is 0.798. The Balaban J connectivity index is 1.73. The molecule has 0 bridgehead atoms.